The van der Waals surface area contributed by atoms with E-state index < -0.39 is 0 Å². The zero-order chi connectivity index (χ0) is 18.4. The van der Waals surface area contributed by atoms with Crippen molar-refractivity contribution in [3.8, 4) is 0 Å². The molecule has 0 radical (unpaired) electrons. The molecular weight excluding hydrogens is 330 g/mol. The number of carbonyl (C=O) groups is 2. The van der Waals surface area contributed by atoms with Gasteiger partial charge in [-0.1, -0.05) is 31.4 Å². The number of ether oxygens (including phenoxy) is 1. The van der Waals surface area contributed by atoms with Crippen LogP contribution in [0.5, 0.6) is 0 Å². The van der Waals surface area contributed by atoms with Gasteiger partial charge in [-0.25, -0.2) is 4.79 Å². The normalized spacial score (nSPS) is 19.7. The summed E-state index contributed by atoms with van der Waals surface area (Å²) in [6, 6.07) is 7.64. The van der Waals surface area contributed by atoms with Gasteiger partial charge < -0.3 is 15.4 Å². The number of benzene rings is 1. The highest BCUT2D eigenvalue weighted by atomic mass is 16.5. The van der Waals surface area contributed by atoms with E-state index in [4.69, 9.17) is 4.74 Å². The first-order valence-electron chi connectivity index (χ1n) is 9.70. The van der Waals surface area contributed by atoms with Crippen LogP contribution in [0.1, 0.15) is 57.1 Å². The van der Waals surface area contributed by atoms with Crippen LogP contribution in [0.4, 0.5) is 10.5 Å². The molecule has 142 valence electrons. The molecule has 6 nitrogen and oxygen atoms in total. The van der Waals surface area contributed by atoms with Crippen molar-refractivity contribution in [1.29, 1.82) is 0 Å². The molecule has 1 aliphatic heterocycles. The van der Waals surface area contributed by atoms with E-state index in [0.717, 1.165) is 43.6 Å². The fourth-order valence-electron chi connectivity index (χ4n) is 3.61. The Balaban J connectivity index is 1.48. The van der Waals surface area contributed by atoms with Crippen LogP contribution in [0.15, 0.2) is 24.3 Å². The summed E-state index contributed by atoms with van der Waals surface area (Å²) < 4.78 is 5.73. The maximum absolute atomic E-state index is 12.1. The van der Waals surface area contributed by atoms with E-state index in [1.807, 2.05) is 31.2 Å². The van der Waals surface area contributed by atoms with Crippen molar-refractivity contribution < 1.29 is 14.3 Å². The molecule has 2 N–H and O–H groups in total. The molecule has 26 heavy (non-hydrogen) atoms. The largest absolute Gasteiger partial charge is 0.368 e. The molecule has 0 aromatic heterocycles. The van der Waals surface area contributed by atoms with Crippen LogP contribution in [0.3, 0.4) is 0 Å². The number of carbonyl (C=O) groups excluding carboxylic acids is 2. The zero-order valence-electron chi connectivity index (χ0n) is 15.5. The number of nitrogens with zero attached hydrogens (tertiary/aromatic N) is 1. The predicted molar refractivity (Wildman–Crippen MR) is 101 cm³/mol. The summed E-state index contributed by atoms with van der Waals surface area (Å²) in [7, 11) is 0. The van der Waals surface area contributed by atoms with Gasteiger partial charge in [-0.3, -0.25) is 9.69 Å². The van der Waals surface area contributed by atoms with Crippen LogP contribution < -0.4 is 15.5 Å². The lowest BCUT2D eigenvalue weighted by Crippen LogP contribution is -2.46. The van der Waals surface area contributed by atoms with Gasteiger partial charge in [0.05, 0.1) is 12.1 Å². The monoisotopic (exact) mass is 359 g/mol. The van der Waals surface area contributed by atoms with E-state index in [0.29, 0.717) is 0 Å². The van der Waals surface area contributed by atoms with E-state index in [1.54, 1.807) is 4.90 Å². The molecule has 2 aliphatic rings. The van der Waals surface area contributed by atoms with Gasteiger partial charge >= 0.3 is 6.03 Å². The van der Waals surface area contributed by atoms with Crippen LogP contribution in [-0.2, 0) is 9.53 Å². The van der Waals surface area contributed by atoms with Gasteiger partial charge in [0.1, 0.15) is 6.61 Å². The molecule has 1 aromatic rings. The first-order valence-corrected chi connectivity index (χ1v) is 9.70. The van der Waals surface area contributed by atoms with Gasteiger partial charge in [0.25, 0.3) is 0 Å². The predicted octanol–water partition coefficient (Wildman–Crippen LogP) is 3.13. The number of hydrogen-bond acceptors (Lipinski definition) is 3. The van der Waals surface area contributed by atoms with Gasteiger partial charge in [-0.05, 0) is 43.9 Å². The maximum atomic E-state index is 12.1. The Labute approximate surface area is 155 Å². The molecule has 3 rings (SSSR count). The topological polar surface area (TPSA) is 70.7 Å². The fraction of sp³-hybridized carbons (Fsp3) is 0.600. The third-order valence-electron chi connectivity index (χ3n) is 5.16. The van der Waals surface area contributed by atoms with E-state index in [2.05, 4.69) is 10.6 Å². The standard InChI is InChI=1S/C20H29N3O3/c1-15(22-19(24)14-26-18-6-3-2-4-7-18)16-8-10-17(11-9-16)23-13-5-12-21-20(23)25/h8-11,15,18H,2-7,12-14H2,1H3,(H,21,25)(H,22,24)/t15-/m0/s1. The van der Waals surface area contributed by atoms with E-state index >= 15 is 0 Å². The summed E-state index contributed by atoms with van der Waals surface area (Å²) in [5.41, 5.74) is 1.89. The molecule has 2 fully saturated rings. The Bertz CT molecular complexity index is 611. The zero-order valence-corrected chi connectivity index (χ0v) is 15.5. The van der Waals surface area contributed by atoms with Gasteiger partial charge in [-0.2, -0.15) is 0 Å². The molecule has 1 aromatic carbocycles. The van der Waals surface area contributed by atoms with Crippen molar-refractivity contribution in [2.75, 3.05) is 24.6 Å². The highest BCUT2D eigenvalue weighted by Crippen LogP contribution is 2.22. The summed E-state index contributed by atoms with van der Waals surface area (Å²) in [5.74, 6) is -0.0810. The summed E-state index contributed by atoms with van der Waals surface area (Å²) in [6.07, 6.45) is 6.98. The van der Waals surface area contributed by atoms with E-state index in [1.165, 1.54) is 19.3 Å². The number of hydrogen-bond donors (Lipinski definition) is 2. The molecular formula is C20H29N3O3. The fourth-order valence-corrected chi connectivity index (χ4v) is 3.61. The van der Waals surface area contributed by atoms with Crippen molar-refractivity contribution >= 4 is 17.6 Å². The minimum Gasteiger partial charge on any atom is -0.368 e. The third kappa shape index (κ3) is 4.97. The average Bonchev–Trinajstić information content (AvgIpc) is 2.68. The minimum atomic E-state index is -0.0957. The van der Waals surface area contributed by atoms with Crippen LogP contribution in [0.2, 0.25) is 0 Å². The Morgan fingerprint density at radius 1 is 1.23 bits per heavy atom. The molecule has 1 saturated heterocycles. The second kappa shape index (κ2) is 9.03. The van der Waals surface area contributed by atoms with E-state index in [-0.39, 0.29) is 30.7 Å². The molecule has 0 spiro atoms. The van der Waals surface area contributed by atoms with E-state index in [9.17, 15) is 9.59 Å². The highest BCUT2D eigenvalue weighted by molar-refractivity contribution is 5.92. The first-order chi connectivity index (χ1) is 12.6. The molecule has 0 unspecified atom stereocenters. The Hall–Kier alpha value is -2.08. The van der Waals surface area contributed by atoms with Crippen LogP contribution in [-0.4, -0.2) is 37.7 Å². The molecule has 1 heterocycles. The molecule has 3 amide bonds. The van der Waals surface area contributed by atoms with Crippen molar-refractivity contribution in [2.45, 2.75) is 57.6 Å². The van der Waals surface area contributed by atoms with Crippen LogP contribution >= 0.6 is 0 Å². The SMILES string of the molecule is C[C@H](NC(=O)COC1CCCCC1)c1ccc(N2CCCNC2=O)cc1. The number of anilines is 1. The third-order valence-corrected chi connectivity index (χ3v) is 5.16. The number of amides is 3. The quantitative estimate of drug-likeness (QED) is 0.820. The van der Waals surface area contributed by atoms with Crippen molar-refractivity contribution in [2.24, 2.45) is 0 Å². The van der Waals surface area contributed by atoms with Crippen molar-refractivity contribution in [1.82, 2.24) is 10.6 Å². The smallest absolute Gasteiger partial charge is 0.321 e. The lowest BCUT2D eigenvalue weighted by Gasteiger charge is -2.27. The van der Waals surface area contributed by atoms with Gasteiger partial charge in [-0.15, -0.1) is 0 Å². The number of rotatable bonds is 6. The average molecular weight is 359 g/mol. The second-order valence-corrected chi connectivity index (χ2v) is 7.19. The number of nitrogens with one attached hydrogen (secondary N) is 2. The molecule has 0 bridgehead atoms. The maximum Gasteiger partial charge on any atom is 0.321 e. The summed E-state index contributed by atoms with van der Waals surface area (Å²) >= 11 is 0. The summed E-state index contributed by atoms with van der Waals surface area (Å²) in [5, 5.41) is 5.84. The van der Waals surface area contributed by atoms with Crippen molar-refractivity contribution in [3.63, 3.8) is 0 Å². The molecule has 1 atom stereocenters. The summed E-state index contributed by atoms with van der Waals surface area (Å²) in [4.78, 5) is 25.8. The lowest BCUT2D eigenvalue weighted by molar-refractivity contribution is -0.129. The molecule has 1 aliphatic carbocycles. The first kappa shape index (κ1) is 18.7. The second-order valence-electron chi connectivity index (χ2n) is 7.19. The Morgan fingerprint density at radius 3 is 2.65 bits per heavy atom. The van der Waals surface area contributed by atoms with Crippen molar-refractivity contribution in [3.05, 3.63) is 29.8 Å². The Morgan fingerprint density at radius 2 is 1.96 bits per heavy atom. The van der Waals surface area contributed by atoms with Crippen LogP contribution in [0.25, 0.3) is 0 Å². The molecule has 1 saturated carbocycles. The van der Waals surface area contributed by atoms with Gasteiger partial charge in [0.2, 0.25) is 5.91 Å². The summed E-state index contributed by atoms with van der Waals surface area (Å²) in [6.45, 7) is 3.55. The highest BCUT2D eigenvalue weighted by Gasteiger charge is 2.20. The Kier molecular flexibility index (Phi) is 6.50. The minimum absolute atomic E-state index is 0.0507. The van der Waals surface area contributed by atoms with Crippen LogP contribution in [0, 0.1) is 0 Å². The van der Waals surface area contributed by atoms with Gasteiger partial charge in [0, 0.05) is 18.8 Å². The van der Waals surface area contributed by atoms with Gasteiger partial charge in [0.15, 0.2) is 0 Å². The molecule has 6 heteroatoms. The number of urea groups is 1. The lowest BCUT2D eigenvalue weighted by atomic mass is 9.98.